The van der Waals surface area contributed by atoms with E-state index in [1.165, 1.54) is 141 Å². The summed E-state index contributed by atoms with van der Waals surface area (Å²) in [5.41, 5.74) is 0. The van der Waals surface area contributed by atoms with Crippen LogP contribution < -0.4 is 0 Å². The van der Waals surface area contributed by atoms with Crippen molar-refractivity contribution in [2.24, 2.45) is 5.92 Å². The first-order valence-electron chi connectivity index (χ1n) is 18.5. The second-order valence-electron chi connectivity index (χ2n) is 12.8. The van der Waals surface area contributed by atoms with Gasteiger partial charge >= 0.3 is 0 Å². The van der Waals surface area contributed by atoms with Crippen LogP contribution in [-0.4, -0.2) is 11.6 Å². The van der Waals surface area contributed by atoms with E-state index in [0.717, 1.165) is 25.7 Å². The zero-order chi connectivity index (χ0) is 30.1. The van der Waals surface area contributed by atoms with Crippen molar-refractivity contribution >= 4 is 11.6 Å². The lowest BCUT2D eigenvalue weighted by molar-refractivity contribution is -0.127. The molecule has 0 bridgehead atoms. The monoisotopic (exact) mass is 573 g/mol. The summed E-state index contributed by atoms with van der Waals surface area (Å²) in [7, 11) is 0. The number of carbonyl (C=O) groups excluding carboxylic acids is 2. The van der Waals surface area contributed by atoms with Gasteiger partial charge in [0, 0.05) is 25.2 Å². The van der Waals surface area contributed by atoms with Crippen LogP contribution in [0.1, 0.15) is 207 Å². The average molecular weight is 573 g/mol. The Morgan fingerprint density at radius 1 is 0.439 bits per heavy atom. The maximum absolute atomic E-state index is 12.5. The summed E-state index contributed by atoms with van der Waals surface area (Å²) in [5, 5.41) is 0. The van der Waals surface area contributed by atoms with Crippen molar-refractivity contribution in [2.45, 2.75) is 207 Å². The molecule has 0 aliphatic rings. The molecule has 0 radical (unpaired) electrons. The van der Waals surface area contributed by atoms with E-state index in [4.69, 9.17) is 0 Å². The Kier molecular flexibility index (Phi) is 32.4. The van der Waals surface area contributed by atoms with Crippen molar-refractivity contribution in [1.29, 1.82) is 0 Å². The van der Waals surface area contributed by atoms with Gasteiger partial charge in [-0.15, -0.1) is 0 Å². The van der Waals surface area contributed by atoms with Crippen molar-refractivity contribution in [3.05, 3.63) is 24.3 Å². The highest BCUT2D eigenvalue weighted by atomic mass is 16.1. The van der Waals surface area contributed by atoms with Gasteiger partial charge in [-0.3, -0.25) is 9.59 Å². The zero-order valence-electron chi connectivity index (χ0n) is 28.2. The molecule has 1 unspecified atom stereocenters. The molecule has 0 heterocycles. The van der Waals surface area contributed by atoms with Crippen molar-refractivity contribution in [2.75, 3.05) is 0 Å². The van der Waals surface area contributed by atoms with Crippen LogP contribution in [0, 0.1) is 5.92 Å². The number of ketones is 2. The minimum Gasteiger partial charge on any atom is -0.300 e. The van der Waals surface area contributed by atoms with Gasteiger partial charge in [-0.25, -0.2) is 0 Å². The molecule has 0 aliphatic heterocycles. The van der Waals surface area contributed by atoms with Crippen LogP contribution in [0.2, 0.25) is 0 Å². The van der Waals surface area contributed by atoms with Crippen LogP contribution in [0.3, 0.4) is 0 Å². The molecule has 0 fully saturated rings. The molecule has 0 aromatic heterocycles. The molecule has 0 N–H and O–H groups in total. The molecule has 2 nitrogen and oxygen atoms in total. The maximum Gasteiger partial charge on any atom is 0.136 e. The van der Waals surface area contributed by atoms with Crippen LogP contribution in [0.5, 0.6) is 0 Å². The molecule has 0 aliphatic carbocycles. The normalized spacial score (nSPS) is 12.6. The Morgan fingerprint density at radius 2 is 0.756 bits per heavy atom. The SMILES string of the molecule is CCCCCCCC/C=C\CCCCCCCC(=O)CC(C)C(=O)CCCCCCC/C=C\CCCCCCCC. The zero-order valence-corrected chi connectivity index (χ0v) is 28.2. The van der Waals surface area contributed by atoms with E-state index in [-0.39, 0.29) is 11.7 Å². The highest BCUT2D eigenvalue weighted by molar-refractivity contribution is 5.87. The summed E-state index contributed by atoms with van der Waals surface area (Å²) < 4.78 is 0. The molecule has 0 rings (SSSR count). The fraction of sp³-hybridized carbons (Fsp3) is 0.846. The predicted octanol–water partition coefficient (Wildman–Crippen LogP) is 13.2. The minimum absolute atomic E-state index is 0.0950. The highest BCUT2D eigenvalue weighted by Crippen LogP contribution is 2.16. The fourth-order valence-corrected chi connectivity index (χ4v) is 5.57. The van der Waals surface area contributed by atoms with Crippen molar-refractivity contribution in [1.82, 2.24) is 0 Å². The van der Waals surface area contributed by atoms with E-state index < -0.39 is 0 Å². The van der Waals surface area contributed by atoms with E-state index >= 15 is 0 Å². The molecular weight excluding hydrogens is 500 g/mol. The molecule has 240 valence electrons. The quantitative estimate of drug-likeness (QED) is 0.0579. The summed E-state index contributed by atoms with van der Waals surface area (Å²) >= 11 is 0. The number of Topliss-reactive ketones (excluding diaryl/α,β-unsaturated/α-hetero) is 2. The van der Waals surface area contributed by atoms with Crippen molar-refractivity contribution < 1.29 is 9.59 Å². The number of rotatable bonds is 33. The lowest BCUT2D eigenvalue weighted by Crippen LogP contribution is -2.15. The smallest absolute Gasteiger partial charge is 0.136 e. The van der Waals surface area contributed by atoms with Crippen molar-refractivity contribution in [3.8, 4) is 0 Å². The van der Waals surface area contributed by atoms with Gasteiger partial charge in [0.15, 0.2) is 0 Å². The molecule has 2 heteroatoms. The molecular formula is C39H72O2. The van der Waals surface area contributed by atoms with Gasteiger partial charge in [-0.05, 0) is 64.2 Å². The lowest BCUT2D eigenvalue weighted by atomic mass is 9.94. The van der Waals surface area contributed by atoms with E-state index in [0.29, 0.717) is 25.0 Å². The van der Waals surface area contributed by atoms with E-state index in [9.17, 15) is 9.59 Å². The first-order valence-corrected chi connectivity index (χ1v) is 18.5. The second kappa shape index (κ2) is 33.3. The van der Waals surface area contributed by atoms with E-state index in [1.807, 2.05) is 6.92 Å². The van der Waals surface area contributed by atoms with Crippen LogP contribution >= 0.6 is 0 Å². The van der Waals surface area contributed by atoms with Gasteiger partial charge in [0.2, 0.25) is 0 Å². The van der Waals surface area contributed by atoms with E-state index in [1.54, 1.807) is 0 Å². The Hall–Kier alpha value is -1.18. The molecule has 0 saturated heterocycles. The first kappa shape index (κ1) is 39.8. The molecule has 0 spiro atoms. The van der Waals surface area contributed by atoms with Gasteiger partial charge in [-0.1, -0.05) is 148 Å². The number of hydrogen-bond donors (Lipinski definition) is 0. The summed E-state index contributed by atoms with van der Waals surface area (Å²) in [4.78, 5) is 24.8. The molecule has 1 atom stereocenters. The summed E-state index contributed by atoms with van der Waals surface area (Å²) in [6.45, 7) is 6.50. The number of unbranched alkanes of at least 4 members (excludes halogenated alkanes) is 22. The Balaban J connectivity index is 3.49. The number of allylic oxidation sites excluding steroid dienone is 4. The number of hydrogen-bond acceptors (Lipinski definition) is 2. The molecule has 0 aromatic rings. The summed E-state index contributed by atoms with van der Waals surface area (Å²) in [5.74, 6) is 0.482. The van der Waals surface area contributed by atoms with Crippen LogP contribution in [0.15, 0.2) is 24.3 Å². The van der Waals surface area contributed by atoms with Gasteiger partial charge in [0.05, 0.1) is 0 Å². The third kappa shape index (κ3) is 31.6. The predicted molar refractivity (Wildman–Crippen MR) is 183 cm³/mol. The van der Waals surface area contributed by atoms with Crippen LogP contribution in [0.25, 0.3) is 0 Å². The first-order chi connectivity index (χ1) is 20.1. The Bertz CT molecular complexity index is 617. The van der Waals surface area contributed by atoms with Gasteiger partial charge in [0.1, 0.15) is 11.6 Å². The average Bonchev–Trinajstić information content (AvgIpc) is 2.96. The molecule has 41 heavy (non-hydrogen) atoms. The Labute approximate surface area is 258 Å². The summed E-state index contributed by atoms with van der Waals surface area (Å²) in [6.07, 6.45) is 44.4. The Morgan fingerprint density at radius 3 is 1.15 bits per heavy atom. The van der Waals surface area contributed by atoms with Crippen molar-refractivity contribution in [3.63, 3.8) is 0 Å². The lowest BCUT2D eigenvalue weighted by Gasteiger charge is -2.10. The summed E-state index contributed by atoms with van der Waals surface area (Å²) in [6, 6.07) is 0. The standard InChI is InChI=1S/C39H72O2/c1-4-6-8-10-12-14-16-18-20-22-24-26-28-30-32-34-38(40)36-37(3)39(41)35-33-31-29-27-25-23-21-19-17-15-13-11-9-7-5-2/h18-21,37H,4-17,22-36H2,1-3H3/b20-18-,21-19-. The van der Waals surface area contributed by atoms with E-state index in [2.05, 4.69) is 38.2 Å². The third-order valence-corrected chi connectivity index (χ3v) is 8.49. The van der Waals surface area contributed by atoms with Crippen LogP contribution in [-0.2, 0) is 9.59 Å². The minimum atomic E-state index is -0.0950. The topological polar surface area (TPSA) is 34.1 Å². The van der Waals surface area contributed by atoms with Crippen LogP contribution in [0.4, 0.5) is 0 Å². The molecule has 0 aromatic carbocycles. The fourth-order valence-electron chi connectivity index (χ4n) is 5.57. The van der Waals surface area contributed by atoms with Gasteiger partial charge in [-0.2, -0.15) is 0 Å². The maximum atomic E-state index is 12.5. The van der Waals surface area contributed by atoms with Gasteiger partial charge in [0.25, 0.3) is 0 Å². The molecule has 0 amide bonds. The molecule has 0 saturated carbocycles. The van der Waals surface area contributed by atoms with Gasteiger partial charge < -0.3 is 0 Å². The number of carbonyl (C=O) groups is 2. The third-order valence-electron chi connectivity index (χ3n) is 8.49. The second-order valence-corrected chi connectivity index (χ2v) is 12.8. The highest BCUT2D eigenvalue weighted by Gasteiger charge is 2.16. The largest absolute Gasteiger partial charge is 0.300 e.